The van der Waals surface area contributed by atoms with E-state index in [0.717, 1.165) is 6.07 Å². The fraction of sp³-hybridized carbons (Fsp3) is 0.0909. The Kier molecular flexibility index (Phi) is 4.01. The van der Waals surface area contributed by atoms with Crippen molar-refractivity contribution in [2.45, 2.75) is 6.92 Å². The third kappa shape index (κ3) is 2.94. The molecule has 1 aromatic carbocycles. The molecule has 0 aliphatic rings. The van der Waals surface area contributed by atoms with Crippen LogP contribution in [0, 0.1) is 22.9 Å². The van der Waals surface area contributed by atoms with Crippen LogP contribution in [0.1, 0.15) is 5.69 Å². The fourth-order valence-corrected chi connectivity index (χ4v) is 1.82. The lowest BCUT2D eigenvalue weighted by Crippen LogP contribution is -2.01. The maximum atomic E-state index is 13.0. The summed E-state index contributed by atoms with van der Waals surface area (Å²) in [6.07, 6.45) is 0. The summed E-state index contributed by atoms with van der Waals surface area (Å²) in [4.78, 5) is 17.6. The Bertz CT molecular complexity index is 697. The van der Waals surface area contributed by atoms with Gasteiger partial charge >= 0.3 is 11.6 Å². The van der Waals surface area contributed by atoms with Gasteiger partial charge in [-0.05, 0) is 30.7 Å². The van der Waals surface area contributed by atoms with Gasteiger partial charge in [-0.25, -0.2) is 9.37 Å². The van der Waals surface area contributed by atoms with Crippen LogP contribution in [0.2, 0.25) is 10.3 Å². The average molecular weight is 318 g/mol. The molecule has 0 aliphatic heterocycles. The number of hydrogen-bond donors (Lipinski definition) is 0. The predicted molar refractivity (Wildman–Crippen MR) is 69.9 cm³/mol. The van der Waals surface area contributed by atoms with Gasteiger partial charge in [0.05, 0.1) is 9.95 Å². The highest BCUT2D eigenvalue weighted by molar-refractivity contribution is 6.30. The maximum Gasteiger partial charge on any atom is 0.352 e. The van der Waals surface area contributed by atoms with Gasteiger partial charge in [0.2, 0.25) is 5.28 Å². The molecule has 20 heavy (non-hydrogen) atoms. The number of ether oxygens (including phenoxy) is 1. The summed E-state index contributed by atoms with van der Waals surface area (Å²) in [6, 6.07) is 3.50. The van der Waals surface area contributed by atoms with Crippen molar-refractivity contribution in [3.63, 3.8) is 0 Å². The first-order chi connectivity index (χ1) is 9.38. The third-order valence-electron chi connectivity index (χ3n) is 2.29. The molecule has 0 spiro atoms. The number of halogens is 3. The molecule has 0 amide bonds. The van der Waals surface area contributed by atoms with Crippen molar-refractivity contribution in [2.24, 2.45) is 0 Å². The van der Waals surface area contributed by atoms with Gasteiger partial charge in [-0.2, -0.15) is 4.98 Å². The molecule has 0 fully saturated rings. The van der Waals surface area contributed by atoms with E-state index in [0.29, 0.717) is 0 Å². The monoisotopic (exact) mass is 317 g/mol. The third-order valence-corrected chi connectivity index (χ3v) is 2.75. The van der Waals surface area contributed by atoms with Crippen molar-refractivity contribution in [3.8, 4) is 11.6 Å². The molecule has 104 valence electrons. The molecule has 0 N–H and O–H groups in total. The predicted octanol–water partition coefficient (Wildman–Crippen LogP) is 3.93. The fourth-order valence-electron chi connectivity index (χ4n) is 1.44. The highest BCUT2D eigenvalue weighted by atomic mass is 35.5. The molecule has 2 rings (SSSR count). The lowest BCUT2D eigenvalue weighted by Gasteiger charge is -2.07. The first-order valence-electron chi connectivity index (χ1n) is 5.20. The van der Waals surface area contributed by atoms with Crippen LogP contribution in [0.4, 0.5) is 10.1 Å². The minimum absolute atomic E-state index is 0.0539. The number of benzene rings is 1. The molecule has 0 bridgehead atoms. The molecule has 6 nitrogen and oxygen atoms in total. The number of rotatable bonds is 3. The van der Waals surface area contributed by atoms with Gasteiger partial charge in [0.25, 0.3) is 0 Å². The number of nitro groups is 1. The second-order valence-electron chi connectivity index (χ2n) is 3.67. The largest absolute Gasteiger partial charge is 0.434 e. The summed E-state index contributed by atoms with van der Waals surface area (Å²) >= 11 is 11.2. The molecular formula is C11H6Cl2FN3O3. The molecular weight excluding hydrogens is 312 g/mol. The van der Waals surface area contributed by atoms with Crippen LogP contribution in [0.5, 0.6) is 11.6 Å². The Balaban J connectivity index is 2.47. The Hall–Kier alpha value is -1.99. The van der Waals surface area contributed by atoms with Crippen LogP contribution < -0.4 is 4.74 Å². The molecule has 2 aromatic rings. The average Bonchev–Trinajstić information content (AvgIpc) is 2.32. The summed E-state index contributed by atoms with van der Waals surface area (Å²) in [5.74, 6) is -0.880. The molecule has 1 heterocycles. The molecule has 0 atom stereocenters. The Morgan fingerprint density at radius 3 is 2.65 bits per heavy atom. The molecule has 0 unspecified atom stereocenters. The topological polar surface area (TPSA) is 78.2 Å². The highest BCUT2D eigenvalue weighted by Gasteiger charge is 2.24. The molecule has 0 radical (unpaired) electrons. The summed E-state index contributed by atoms with van der Waals surface area (Å²) < 4.78 is 18.3. The summed E-state index contributed by atoms with van der Waals surface area (Å²) in [6.45, 7) is 1.40. The zero-order valence-corrected chi connectivity index (χ0v) is 11.4. The maximum absolute atomic E-state index is 13.0. The second-order valence-corrected chi connectivity index (χ2v) is 4.41. The summed E-state index contributed by atoms with van der Waals surface area (Å²) in [7, 11) is 0. The van der Waals surface area contributed by atoms with Crippen molar-refractivity contribution in [2.75, 3.05) is 0 Å². The minimum Gasteiger partial charge on any atom is -0.434 e. The van der Waals surface area contributed by atoms with Crippen molar-refractivity contribution < 1.29 is 14.1 Å². The smallest absolute Gasteiger partial charge is 0.352 e. The second kappa shape index (κ2) is 5.56. The van der Waals surface area contributed by atoms with Gasteiger partial charge in [0.15, 0.2) is 0 Å². The van der Waals surface area contributed by atoms with Crippen molar-refractivity contribution in [3.05, 3.63) is 50.1 Å². The first-order valence-corrected chi connectivity index (χ1v) is 5.95. The summed E-state index contributed by atoms with van der Waals surface area (Å²) in [5.41, 5.74) is -0.368. The van der Waals surface area contributed by atoms with Crippen LogP contribution in [-0.4, -0.2) is 14.9 Å². The van der Waals surface area contributed by atoms with Crippen LogP contribution >= 0.6 is 23.2 Å². The van der Waals surface area contributed by atoms with E-state index >= 15 is 0 Å². The lowest BCUT2D eigenvalue weighted by molar-refractivity contribution is -0.386. The van der Waals surface area contributed by atoms with E-state index < -0.39 is 16.4 Å². The van der Waals surface area contributed by atoms with E-state index in [4.69, 9.17) is 27.9 Å². The van der Waals surface area contributed by atoms with Crippen LogP contribution in [0.3, 0.4) is 0 Å². The quantitative estimate of drug-likeness (QED) is 0.487. The molecule has 0 aliphatic carbocycles. The van der Waals surface area contributed by atoms with Gasteiger partial charge in [-0.1, -0.05) is 11.6 Å². The Labute approximate surface area is 122 Å². The Morgan fingerprint density at radius 2 is 2.05 bits per heavy atom. The van der Waals surface area contributed by atoms with Gasteiger partial charge in [0.1, 0.15) is 17.3 Å². The van der Waals surface area contributed by atoms with E-state index in [-0.39, 0.29) is 27.6 Å². The van der Waals surface area contributed by atoms with E-state index in [9.17, 15) is 14.5 Å². The molecule has 0 saturated heterocycles. The lowest BCUT2D eigenvalue weighted by atomic mass is 10.3. The number of hydrogen-bond acceptors (Lipinski definition) is 5. The standard InChI is InChI=1S/C11H6Cl2FN3O3/c1-5-9(17(18)19)10(16-11(13)15-5)20-6-2-3-8(14)7(12)4-6/h2-4H,1H3. The number of nitrogens with zero attached hydrogens (tertiary/aromatic N) is 3. The van der Waals surface area contributed by atoms with E-state index in [1.165, 1.54) is 19.1 Å². The molecule has 1 aromatic heterocycles. The Morgan fingerprint density at radius 1 is 1.35 bits per heavy atom. The zero-order chi connectivity index (χ0) is 14.9. The molecule has 9 heteroatoms. The molecule has 0 saturated carbocycles. The van der Waals surface area contributed by atoms with Crippen LogP contribution in [0.25, 0.3) is 0 Å². The van der Waals surface area contributed by atoms with Crippen molar-refractivity contribution in [1.29, 1.82) is 0 Å². The summed E-state index contributed by atoms with van der Waals surface area (Å²) in [5, 5.41) is 10.6. The number of aromatic nitrogens is 2. The SMILES string of the molecule is Cc1nc(Cl)nc(Oc2ccc(F)c(Cl)c2)c1[N+](=O)[O-]. The van der Waals surface area contributed by atoms with E-state index in [2.05, 4.69) is 9.97 Å². The van der Waals surface area contributed by atoms with Crippen LogP contribution in [0.15, 0.2) is 18.2 Å². The van der Waals surface area contributed by atoms with E-state index in [1.54, 1.807) is 0 Å². The zero-order valence-electron chi connectivity index (χ0n) is 9.93. The van der Waals surface area contributed by atoms with Crippen LogP contribution in [-0.2, 0) is 0 Å². The van der Waals surface area contributed by atoms with E-state index in [1.807, 2.05) is 0 Å². The van der Waals surface area contributed by atoms with Crippen molar-refractivity contribution >= 4 is 28.9 Å². The van der Waals surface area contributed by atoms with Gasteiger partial charge in [-0.3, -0.25) is 10.1 Å². The number of aryl methyl sites for hydroxylation is 1. The highest BCUT2D eigenvalue weighted by Crippen LogP contribution is 2.33. The van der Waals surface area contributed by atoms with Gasteiger partial charge < -0.3 is 4.74 Å². The van der Waals surface area contributed by atoms with Gasteiger partial charge in [0, 0.05) is 6.07 Å². The minimum atomic E-state index is -0.688. The van der Waals surface area contributed by atoms with Gasteiger partial charge in [-0.15, -0.1) is 0 Å². The first kappa shape index (κ1) is 14.4. The van der Waals surface area contributed by atoms with Crippen molar-refractivity contribution in [1.82, 2.24) is 9.97 Å². The normalized spacial score (nSPS) is 10.4.